The number of hydrogen-bond acceptors (Lipinski definition) is 3. The molecule has 0 aromatic heterocycles. The second kappa shape index (κ2) is 5.46. The number of ether oxygens (including phenoxy) is 1. The van der Waals surface area contributed by atoms with Gasteiger partial charge in [-0.2, -0.15) is 0 Å². The number of carbonyl (C=O) groups excluding carboxylic acids is 1. The summed E-state index contributed by atoms with van der Waals surface area (Å²) in [4.78, 5) is 13.9. The average molecular weight is 252 g/mol. The zero-order valence-corrected chi connectivity index (χ0v) is 10.4. The largest absolute Gasteiger partial charge is 0.377 e. The number of aryl methyl sites for hydroxylation is 1. The fourth-order valence-corrected chi connectivity index (χ4v) is 2.08. The Balaban J connectivity index is 2.27. The van der Waals surface area contributed by atoms with Crippen LogP contribution in [-0.2, 0) is 4.74 Å². The van der Waals surface area contributed by atoms with Crippen LogP contribution in [0.4, 0.5) is 4.39 Å². The Labute approximate surface area is 106 Å². The van der Waals surface area contributed by atoms with Gasteiger partial charge >= 0.3 is 0 Å². The summed E-state index contributed by atoms with van der Waals surface area (Å²) in [5.74, 6) is -0.764. The van der Waals surface area contributed by atoms with E-state index in [2.05, 4.69) is 0 Å². The predicted octanol–water partition coefficient (Wildman–Crippen LogP) is 0.934. The van der Waals surface area contributed by atoms with E-state index in [4.69, 9.17) is 10.5 Å². The van der Waals surface area contributed by atoms with Gasteiger partial charge in [0.15, 0.2) is 0 Å². The summed E-state index contributed by atoms with van der Waals surface area (Å²) in [5, 5.41) is 0. The van der Waals surface area contributed by atoms with Crippen LogP contribution in [0, 0.1) is 12.7 Å². The standard InChI is InChI=1S/C13H17FN2O2/c1-9-3-2-4-11(12(9)14)13(17)16-5-6-18-8-10(16)7-15/h2-4,10H,5-8,15H2,1H3. The minimum atomic E-state index is -0.454. The van der Waals surface area contributed by atoms with E-state index < -0.39 is 5.82 Å². The zero-order chi connectivity index (χ0) is 13.1. The number of morpholine rings is 1. The van der Waals surface area contributed by atoms with E-state index in [1.54, 1.807) is 24.0 Å². The van der Waals surface area contributed by atoms with Gasteiger partial charge < -0.3 is 15.4 Å². The highest BCUT2D eigenvalue weighted by Gasteiger charge is 2.28. The van der Waals surface area contributed by atoms with Crippen molar-refractivity contribution in [2.75, 3.05) is 26.3 Å². The lowest BCUT2D eigenvalue weighted by Crippen LogP contribution is -2.52. The molecule has 0 spiro atoms. The van der Waals surface area contributed by atoms with Crippen molar-refractivity contribution < 1.29 is 13.9 Å². The van der Waals surface area contributed by atoms with Gasteiger partial charge in [0.2, 0.25) is 0 Å². The molecule has 1 aliphatic heterocycles. The molecular formula is C13H17FN2O2. The van der Waals surface area contributed by atoms with Gasteiger partial charge in [-0.25, -0.2) is 4.39 Å². The van der Waals surface area contributed by atoms with Crippen molar-refractivity contribution in [1.82, 2.24) is 4.90 Å². The highest BCUT2D eigenvalue weighted by atomic mass is 19.1. The number of benzene rings is 1. The van der Waals surface area contributed by atoms with Gasteiger partial charge in [-0.15, -0.1) is 0 Å². The number of hydrogen-bond donors (Lipinski definition) is 1. The third-order valence-electron chi connectivity index (χ3n) is 3.18. The Kier molecular flexibility index (Phi) is 3.93. The van der Waals surface area contributed by atoms with Crippen LogP contribution in [0.15, 0.2) is 18.2 Å². The molecule has 0 bridgehead atoms. The van der Waals surface area contributed by atoms with E-state index in [9.17, 15) is 9.18 Å². The maximum Gasteiger partial charge on any atom is 0.257 e. The lowest BCUT2D eigenvalue weighted by atomic mass is 10.1. The first-order chi connectivity index (χ1) is 8.65. The third-order valence-corrected chi connectivity index (χ3v) is 3.18. The monoisotopic (exact) mass is 252 g/mol. The number of rotatable bonds is 2. The molecule has 1 amide bonds. The molecule has 5 heteroatoms. The SMILES string of the molecule is Cc1cccc(C(=O)N2CCOCC2CN)c1F. The van der Waals surface area contributed by atoms with Gasteiger partial charge in [0, 0.05) is 13.1 Å². The molecule has 0 aliphatic carbocycles. The molecule has 1 atom stereocenters. The van der Waals surface area contributed by atoms with Crippen LogP contribution in [0.25, 0.3) is 0 Å². The molecule has 1 aliphatic rings. The zero-order valence-electron chi connectivity index (χ0n) is 10.4. The van der Waals surface area contributed by atoms with Crippen LogP contribution >= 0.6 is 0 Å². The molecule has 2 rings (SSSR count). The molecule has 0 radical (unpaired) electrons. The molecule has 2 N–H and O–H groups in total. The van der Waals surface area contributed by atoms with Crippen LogP contribution in [0.5, 0.6) is 0 Å². The van der Waals surface area contributed by atoms with E-state index in [1.165, 1.54) is 6.07 Å². The summed E-state index contributed by atoms with van der Waals surface area (Å²) in [6.07, 6.45) is 0. The maximum absolute atomic E-state index is 13.9. The van der Waals surface area contributed by atoms with E-state index in [0.717, 1.165) is 0 Å². The van der Waals surface area contributed by atoms with Gasteiger partial charge in [-0.3, -0.25) is 4.79 Å². The molecule has 1 unspecified atom stereocenters. The van der Waals surface area contributed by atoms with Crippen molar-refractivity contribution in [2.45, 2.75) is 13.0 Å². The first-order valence-electron chi connectivity index (χ1n) is 5.99. The summed E-state index contributed by atoms with van der Waals surface area (Å²) in [7, 11) is 0. The molecule has 1 aromatic carbocycles. The van der Waals surface area contributed by atoms with Crippen molar-refractivity contribution in [1.29, 1.82) is 0 Å². The van der Waals surface area contributed by atoms with Crippen LogP contribution in [0.3, 0.4) is 0 Å². The molecule has 18 heavy (non-hydrogen) atoms. The number of carbonyl (C=O) groups is 1. The second-order valence-corrected chi connectivity index (χ2v) is 4.40. The molecule has 0 saturated carbocycles. The molecule has 1 heterocycles. The lowest BCUT2D eigenvalue weighted by molar-refractivity contribution is 0.000592. The Hall–Kier alpha value is -1.46. The Morgan fingerprint density at radius 3 is 3.11 bits per heavy atom. The van der Waals surface area contributed by atoms with Crippen LogP contribution in [0.1, 0.15) is 15.9 Å². The quantitative estimate of drug-likeness (QED) is 0.852. The third kappa shape index (κ3) is 2.37. The smallest absolute Gasteiger partial charge is 0.257 e. The highest BCUT2D eigenvalue weighted by Crippen LogP contribution is 2.17. The Bertz CT molecular complexity index is 451. The van der Waals surface area contributed by atoms with Crippen LogP contribution < -0.4 is 5.73 Å². The van der Waals surface area contributed by atoms with Gasteiger partial charge in [0.1, 0.15) is 5.82 Å². The average Bonchev–Trinajstić information content (AvgIpc) is 2.41. The highest BCUT2D eigenvalue weighted by molar-refractivity contribution is 5.95. The Morgan fingerprint density at radius 1 is 1.61 bits per heavy atom. The van der Waals surface area contributed by atoms with Gasteiger partial charge in [-0.05, 0) is 18.6 Å². The van der Waals surface area contributed by atoms with Crippen molar-refractivity contribution in [3.63, 3.8) is 0 Å². The number of amides is 1. The molecule has 1 aromatic rings. The van der Waals surface area contributed by atoms with Crippen molar-refractivity contribution in [2.24, 2.45) is 5.73 Å². The predicted molar refractivity (Wildman–Crippen MR) is 65.8 cm³/mol. The minimum Gasteiger partial charge on any atom is -0.377 e. The fraction of sp³-hybridized carbons (Fsp3) is 0.462. The van der Waals surface area contributed by atoms with Crippen LogP contribution in [0.2, 0.25) is 0 Å². The van der Waals surface area contributed by atoms with E-state index in [1.807, 2.05) is 0 Å². The topological polar surface area (TPSA) is 55.6 Å². The van der Waals surface area contributed by atoms with Crippen molar-refractivity contribution in [3.05, 3.63) is 35.1 Å². The molecule has 1 fully saturated rings. The van der Waals surface area contributed by atoms with Gasteiger partial charge in [0.25, 0.3) is 5.91 Å². The Morgan fingerprint density at radius 2 is 2.39 bits per heavy atom. The second-order valence-electron chi connectivity index (χ2n) is 4.40. The van der Waals surface area contributed by atoms with Gasteiger partial charge in [-0.1, -0.05) is 12.1 Å². The van der Waals surface area contributed by atoms with E-state index >= 15 is 0 Å². The van der Waals surface area contributed by atoms with Crippen molar-refractivity contribution in [3.8, 4) is 0 Å². The first-order valence-corrected chi connectivity index (χ1v) is 5.99. The molecule has 4 nitrogen and oxygen atoms in total. The van der Waals surface area contributed by atoms with E-state index in [0.29, 0.717) is 31.9 Å². The summed E-state index contributed by atoms with van der Waals surface area (Å²) in [6, 6.07) is 4.66. The lowest BCUT2D eigenvalue weighted by Gasteiger charge is -2.35. The number of nitrogens with two attached hydrogens (primary N) is 1. The molecule has 1 saturated heterocycles. The van der Waals surface area contributed by atoms with Gasteiger partial charge in [0.05, 0.1) is 24.8 Å². The number of nitrogens with zero attached hydrogens (tertiary/aromatic N) is 1. The number of halogens is 1. The first kappa shape index (κ1) is 13.0. The summed E-state index contributed by atoms with van der Waals surface area (Å²) in [6.45, 7) is 3.30. The molecule has 98 valence electrons. The summed E-state index contributed by atoms with van der Waals surface area (Å²) in [5.41, 5.74) is 6.19. The fourth-order valence-electron chi connectivity index (χ4n) is 2.08. The molecular weight excluding hydrogens is 235 g/mol. The van der Waals surface area contributed by atoms with Crippen molar-refractivity contribution >= 4 is 5.91 Å². The maximum atomic E-state index is 13.9. The summed E-state index contributed by atoms with van der Waals surface area (Å²) < 4.78 is 19.2. The normalized spacial score (nSPS) is 19.9. The minimum absolute atomic E-state index is 0.107. The summed E-state index contributed by atoms with van der Waals surface area (Å²) >= 11 is 0. The van der Waals surface area contributed by atoms with Crippen LogP contribution in [-0.4, -0.2) is 43.2 Å². The van der Waals surface area contributed by atoms with E-state index in [-0.39, 0.29) is 17.5 Å².